The first-order valence-electron chi connectivity index (χ1n) is 8.94. The maximum atomic E-state index is 12.8. The average Bonchev–Trinajstić information content (AvgIpc) is 3.03. The Labute approximate surface area is 150 Å². The van der Waals surface area contributed by atoms with Gasteiger partial charge in [0.05, 0.1) is 18.3 Å². The third-order valence-electron chi connectivity index (χ3n) is 5.18. The van der Waals surface area contributed by atoms with Gasteiger partial charge in [-0.05, 0) is 18.8 Å². The number of carbonyl (C=O) groups is 1. The smallest absolute Gasteiger partial charge is 0.257 e. The van der Waals surface area contributed by atoms with E-state index in [1.54, 1.807) is 23.3 Å². The van der Waals surface area contributed by atoms with Gasteiger partial charge in [-0.15, -0.1) is 0 Å². The Morgan fingerprint density at radius 2 is 2.27 bits per heavy atom. The number of nitrogens with zero attached hydrogens (tertiary/aromatic N) is 6. The number of hydrogen-bond acceptors (Lipinski definition) is 5. The van der Waals surface area contributed by atoms with Crippen LogP contribution in [0.4, 0.5) is 0 Å². The molecule has 0 radical (unpaired) electrons. The van der Waals surface area contributed by atoms with E-state index in [9.17, 15) is 4.79 Å². The first-order chi connectivity index (χ1) is 12.7. The average molecular weight is 352 g/mol. The number of aryl methyl sites for hydroxylation is 1. The van der Waals surface area contributed by atoms with E-state index in [0.29, 0.717) is 18.7 Å². The quantitative estimate of drug-likeness (QED) is 0.716. The molecule has 8 heteroatoms. The van der Waals surface area contributed by atoms with Gasteiger partial charge < -0.3 is 9.32 Å². The van der Waals surface area contributed by atoms with Crippen LogP contribution in [0.3, 0.4) is 0 Å². The van der Waals surface area contributed by atoms with Crippen molar-refractivity contribution in [2.24, 2.45) is 13.0 Å². The van der Waals surface area contributed by atoms with Crippen molar-refractivity contribution in [1.82, 2.24) is 29.4 Å². The van der Waals surface area contributed by atoms with E-state index in [1.807, 2.05) is 11.9 Å². The first kappa shape index (κ1) is 15.4. The Morgan fingerprint density at radius 1 is 1.38 bits per heavy atom. The van der Waals surface area contributed by atoms with Crippen LogP contribution in [0.1, 0.15) is 34.5 Å². The Bertz CT molecular complexity index is 951. The highest BCUT2D eigenvalue weighted by molar-refractivity contribution is 5.94. The zero-order valence-electron chi connectivity index (χ0n) is 14.6. The molecule has 1 aliphatic carbocycles. The van der Waals surface area contributed by atoms with E-state index in [-0.39, 0.29) is 5.91 Å². The Morgan fingerprint density at radius 3 is 2.96 bits per heavy atom. The molecule has 2 aliphatic rings. The van der Waals surface area contributed by atoms with Crippen molar-refractivity contribution in [3.05, 3.63) is 41.9 Å². The van der Waals surface area contributed by atoms with Crippen LogP contribution in [0.15, 0.2) is 29.5 Å². The molecule has 5 rings (SSSR count). The lowest BCUT2D eigenvalue weighted by atomic mass is 10.0. The summed E-state index contributed by atoms with van der Waals surface area (Å²) in [5, 5.41) is 8.93. The second-order valence-corrected chi connectivity index (χ2v) is 7.15. The van der Waals surface area contributed by atoms with Gasteiger partial charge in [-0.25, -0.2) is 4.98 Å². The van der Waals surface area contributed by atoms with Crippen LogP contribution >= 0.6 is 0 Å². The van der Waals surface area contributed by atoms with Gasteiger partial charge >= 0.3 is 0 Å². The van der Waals surface area contributed by atoms with Crippen LogP contribution in [0, 0.1) is 5.92 Å². The fourth-order valence-corrected chi connectivity index (χ4v) is 3.61. The minimum atomic E-state index is 0.00444. The predicted octanol–water partition coefficient (Wildman–Crippen LogP) is 1.88. The van der Waals surface area contributed by atoms with Crippen LogP contribution in [0.25, 0.3) is 11.4 Å². The molecule has 1 aliphatic heterocycles. The van der Waals surface area contributed by atoms with Crippen LogP contribution < -0.4 is 0 Å². The lowest BCUT2D eigenvalue weighted by Crippen LogP contribution is -2.36. The molecule has 0 unspecified atom stereocenters. The zero-order chi connectivity index (χ0) is 17.7. The summed E-state index contributed by atoms with van der Waals surface area (Å²) < 4.78 is 8.93. The molecule has 0 N–H and O–H groups in total. The number of oxazole rings is 1. The summed E-state index contributed by atoms with van der Waals surface area (Å²) in [6, 6.07) is 0. The summed E-state index contributed by atoms with van der Waals surface area (Å²) in [5.41, 5.74) is 4.49. The summed E-state index contributed by atoms with van der Waals surface area (Å²) in [7, 11) is 1.82. The van der Waals surface area contributed by atoms with Crippen LogP contribution in [-0.2, 0) is 26.6 Å². The molecule has 0 spiro atoms. The van der Waals surface area contributed by atoms with Crippen molar-refractivity contribution in [2.75, 3.05) is 6.54 Å². The topological polar surface area (TPSA) is 82.0 Å². The summed E-state index contributed by atoms with van der Waals surface area (Å²) in [4.78, 5) is 19.0. The minimum Gasteiger partial charge on any atom is -0.451 e. The van der Waals surface area contributed by atoms with E-state index >= 15 is 0 Å². The number of amides is 1. The van der Waals surface area contributed by atoms with Crippen molar-refractivity contribution in [3.63, 3.8) is 0 Å². The molecular weight excluding hydrogens is 332 g/mol. The highest BCUT2D eigenvalue weighted by Gasteiger charge is 2.31. The molecule has 134 valence electrons. The molecule has 1 saturated carbocycles. The molecule has 1 fully saturated rings. The van der Waals surface area contributed by atoms with Crippen LogP contribution in [0.2, 0.25) is 0 Å². The predicted molar refractivity (Wildman–Crippen MR) is 92.1 cm³/mol. The Hall–Kier alpha value is -2.90. The molecule has 3 aromatic rings. The second kappa shape index (κ2) is 5.82. The maximum Gasteiger partial charge on any atom is 0.257 e. The summed E-state index contributed by atoms with van der Waals surface area (Å²) >= 11 is 0. The standard InChI is InChI=1S/C18H20N6O2/c1-22-8-13(6-20-22)18(25)23-5-4-16-14(9-23)17(15-10-26-11-19-15)21-24(16)7-12-2-3-12/h6,8,10-12H,2-5,7,9H2,1H3. The molecule has 1 amide bonds. The van der Waals surface area contributed by atoms with Gasteiger partial charge in [0.1, 0.15) is 17.7 Å². The highest BCUT2D eigenvalue weighted by atomic mass is 16.3. The van der Waals surface area contributed by atoms with E-state index in [1.165, 1.54) is 24.9 Å². The van der Waals surface area contributed by atoms with E-state index < -0.39 is 0 Å². The maximum absolute atomic E-state index is 12.8. The van der Waals surface area contributed by atoms with Crippen molar-refractivity contribution >= 4 is 5.91 Å². The molecule has 0 saturated heterocycles. The van der Waals surface area contributed by atoms with Gasteiger partial charge in [-0.3, -0.25) is 14.2 Å². The van der Waals surface area contributed by atoms with Crippen molar-refractivity contribution in [3.8, 4) is 11.4 Å². The molecule has 26 heavy (non-hydrogen) atoms. The van der Waals surface area contributed by atoms with E-state index in [4.69, 9.17) is 9.52 Å². The Balaban J connectivity index is 1.49. The fourth-order valence-electron chi connectivity index (χ4n) is 3.61. The molecule has 3 aromatic heterocycles. The van der Waals surface area contributed by atoms with Gasteiger partial charge in [0.25, 0.3) is 5.91 Å². The Kier molecular flexibility index (Phi) is 3.44. The third-order valence-corrected chi connectivity index (χ3v) is 5.18. The molecule has 0 bridgehead atoms. The molecule has 0 aromatic carbocycles. The van der Waals surface area contributed by atoms with Crippen molar-refractivity contribution < 1.29 is 9.21 Å². The number of aromatic nitrogens is 5. The fraction of sp³-hybridized carbons (Fsp3) is 0.444. The normalized spacial score (nSPS) is 16.7. The summed E-state index contributed by atoms with van der Waals surface area (Å²) in [6.07, 6.45) is 9.77. The largest absolute Gasteiger partial charge is 0.451 e. The van der Waals surface area contributed by atoms with Crippen molar-refractivity contribution in [2.45, 2.75) is 32.4 Å². The minimum absolute atomic E-state index is 0.00444. The van der Waals surface area contributed by atoms with Gasteiger partial charge in [0.2, 0.25) is 0 Å². The third kappa shape index (κ3) is 2.61. The summed E-state index contributed by atoms with van der Waals surface area (Å²) in [5.74, 6) is 0.740. The molecule has 4 heterocycles. The van der Waals surface area contributed by atoms with Gasteiger partial charge in [0.15, 0.2) is 6.39 Å². The van der Waals surface area contributed by atoms with Crippen molar-refractivity contribution in [1.29, 1.82) is 0 Å². The SMILES string of the molecule is Cn1cc(C(=O)N2CCc3c(c(-c4cocn4)nn3CC3CC3)C2)cn1. The van der Waals surface area contributed by atoms with Crippen LogP contribution in [-0.4, -0.2) is 41.9 Å². The summed E-state index contributed by atoms with van der Waals surface area (Å²) in [6.45, 7) is 2.18. The molecular formula is C18H20N6O2. The first-order valence-corrected chi connectivity index (χ1v) is 8.94. The van der Waals surface area contributed by atoms with Gasteiger partial charge in [0, 0.05) is 44.0 Å². The molecule has 0 atom stereocenters. The number of fused-ring (bicyclic) bond motifs is 1. The number of carbonyl (C=O) groups excluding carboxylic acids is 1. The van der Waals surface area contributed by atoms with E-state index in [2.05, 4.69) is 14.8 Å². The van der Waals surface area contributed by atoms with Gasteiger partial charge in [-0.1, -0.05) is 0 Å². The van der Waals surface area contributed by atoms with Crippen LogP contribution in [0.5, 0.6) is 0 Å². The number of rotatable bonds is 4. The van der Waals surface area contributed by atoms with E-state index in [0.717, 1.165) is 35.8 Å². The number of hydrogen-bond donors (Lipinski definition) is 0. The molecule has 8 nitrogen and oxygen atoms in total. The lowest BCUT2D eigenvalue weighted by Gasteiger charge is -2.27. The van der Waals surface area contributed by atoms with Gasteiger partial charge in [-0.2, -0.15) is 10.2 Å². The monoisotopic (exact) mass is 352 g/mol. The second-order valence-electron chi connectivity index (χ2n) is 7.15. The zero-order valence-corrected chi connectivity index (χ0v) is 14.6. The highest BCUT2D eigenvalue weighted by Crippen LogP contribution is 2.34. The lowest BCUT2D eigenvalue weighted by molar-refractivity contribution is 0.0733.